The summed E-state index contributed by atoms with van der Waals surface area (Å²) in [7, 11) is 0. The van der Waals surface area contributed by atoms with Crippen molar-refractivity contribution < 1.29 is 14.9 Å². The van der Waals surface area contributed by atoms with Crippen LogP contribution in [-0.4, -0.2) is 29.5 Å². The van der Waals surface area contributed by atoms with Gasteiger partial charge in [0.1, 0.15) is 11.5 Å². The molecule has 1 saturated heterocycles. The lowest BCUT2D eigenvalue weighted by atomic mass is 10.0. The first-order valence-corrected chi connectivity index (χ1v) is 5.03. The number of benzene rings is 1. The first-order chi connectivity index (χ1) is 7.18. The average molecular weight is 209 g/mol. The number of rotatable bonds is 3. The fourth-order valence-corrected chi connectivity index (χ4v) is 1.75. The molecule has 82 valence electrons. The summed E-state index contributed by atoms with van der Waals surface area (Å²) >= 11 is 0. The number of hydrogen-bond donors (Lipinski definition) is 3. The molecule has 1 aliphatic rings. The van der Waals surface area contributed by atoms with E-state index in [0.717, 1.165) is 0 Å². The molecule has 2 rings (SSSR count). The lowest BCUT2D eigenvalue weighted by Gasteiger charge is -2.30. The molecule has 15 heavy (non-hydrogen) atoms. The number of hydrogen-bond acceptors (Lipinski definition) is 4. The predicted octanol–water partition coefficient (Wildman–Crippen LogP) is 1.15. The Kier molecular flexibility index (Phi) is 2.79. The van der Waals surface area contributed by atoms with Gasteiger partial charge in [0.25, 0.3) is 0 Å². The van der Waals surface area contributed by atoms with E-state index >= 15 is 0 Å². The van der Waals surface area contributed by atoms with Crippen LogP contribution in [0.1, 0.15) is 18.5 Å². The zero-order valence-electron chi connectivity index (χ0n) is 8.60. The molecule has 0 amide bonds. The molecular formula is C11H15NO3. The predicted molar refractivity (Wildman–Crippen MR) is 55.9 cm³/mol. The van der Waals surface area contributed by atoms with Crippen LogP contribution in [0, 0.1) is 0 Å². The zero-order valence-corrected chi connectivity index (χ0v) is 8.60. The summed E-state index contributed by atoms with van der Waals surface area (Å²) in [6, 6.07) is 5.00. The summed E-state index contributed by atoms with van der Waals surface area (Å²) in [6.45, 7) is 3.30. The third-order valence-corrected chi connectivity index (χ3v) is 2.62. The van der Waals surface area contributed by atoms with Gasteiger partial charge in [-0.3, -0.25) is 0 Å². The summed E-state index contributed by atoms with van der Waals surface area (Å²) in [5, 5.41) is 22.5. The molecule has 0 aliphatic carbocycles. The smallest absolute Gasteiger partial charge is 0.124 e. The van der Waals surface area contributed by atoms with Crippen molar-refractivity contribution in [3.05, 3.63) is 23.8 Å². The van der Waals surface area contributed by atoms with Crippen LogP contribution in [0.2, 0.25) is 0 Å². The maximum absolute atomic E-state index is 9.63. The quantitative estimate of drug-likeness (QED) is 0.698. The lowest BCUT2D eigenvalue weighted by molar-refractivity contribution is -0.00944. The van der Waals surface area contributed by atoms with Crippen LogP contribution in [-0.2, 0) is 4.74 Å². The molecule has 0 aromatic heterocycles. The average Bonchev–Trinajstić information content (AvgIpc) is 2.11. The molecule has 1 heterocycles. The normalized spacial score (nSPS) is 18.5. The van der Waals surface area contributed by atoms with Crippen molar-refractivity contribution in [2.45, 2.75) is 19.0 Å². The first-order valence-electron chi connectivity index (χ1n) is 5.03. The van der Waals surface area contributed by atoms with Crippen molar-refractivity contribution in [2.75, 3.05) is 13.2 Å². The van der Waals surface area contributed by atoms with Gasteiger partial charge in [-0.15, -0.1) is 0 Å². The van der Waals surface area contributed by atoms with E-state index in [1.165, 1.54) is 0 Å². The molecule has 0 bridgehead atoms. The Morgan fingerprint density at radius 3 is 2.40 bits per heavy atom. The number of nitrogens with one attached hydrogen (secondary N) is 1. The second-order valence-corrected chi connectivity index (χ2v) is 3.83. The highest BCUT2D eigenvalue weighted by atomic mass is 16.5. The first kappa shape index (κ1) is 10.3. The van der Waals surface area contributed by atoms with Gasteiger partial charge in [0.15, 0.2) is 0 Å². The van der Waals surface area contributed by atoms with Crippen LogP contribution in [0.15, 0.2) is 18.2 Å². The molecule has 1 aromatic carbocycles. The highest BCUT2D eigenvalue weighted by Crippen LogP contribution is 2.32. The van der Waals surface area contributed by atoms with Gasteiger partial charge in [0.05, 0.1) is 24.8 Å². The standard InChI is InChI=1S/C11H15NO3/c1-7(12-8-5-15-6-8)11-9(13)3-2-4-10(11)14/h2-4,7-8,12-14H,5-6H2,1H3. The Morgan fingerprint density at radius 1 is 1.33 bits per heavy atom. The number of phenolic OH excluding ortho intramolecular Hbond substituents is 2. The highest BCUT2D eigenvalue weighted by Gasteiger charge is 2.23. The van der Waals surface area contributed by atoms with E-state index in [4.69, 9.17) is 4.74 Å². The summed E-state index contributed by atoms with van der Waals surface area (Å²) in [5.41, 5.74) is 0.546. The van der Waals surface area contributed by atoms with Crippen LogP contribution in [0.5, 0.6) is 11.5 Å². The monoisotopic (exact) mass is 209 g/mol. The maximum Gasteiger partial charge on any atom is 0.124 e. The lowest BCUT2D eigenvalue weighted by Crippen LogP contribution is -2.46. The highest BCUT2D eigenvalue weighted by molar-refractivity contribution is 5.44. The van der Waals surface area contributed by atoms with Gasteiger partial charge in [-0.2, -0.15) is 0 Å². The molecule has 0 saturated carbocycles. The molecule has 1 unspecified atom stereocenters. The molecule has 1 fully saturated rings. The number of phenols is 2. The fourth-order valence-electron chi connectivity index (χ4n) is 1.75. The van der Waals surface area contributed by atoms with Gasteiger partial charge < -0.3 is 20.3 Å². The molecule has 1 aliphatic heterocycles. The van der Waals surface area contributed by atoms with E-state index < -0.39 is 0 Å². The van der Waals surface area contributed by atoms with Gasteiger partial charge in [-0.05, 0) is 19.1 Å². The number of ether oxygens (including phenoxy) is 1. The summed E-state index contributed by atoms with van der Waals surface area (Å²) in [5.74, 6) is 0.241. The summed E-state index contributed by atoms with van der Waals surface area (Å²) < 4.78 is 5.04. The van der Waals surface area contributed by atoms with Crippen LogP contribution in [0.4, 0.5) is 0 Å². The van der Waals surface area contributed by atoms with E-state index in [1.807, 2.05) is 6.92 Å². The minimum atomic E-state index is -0.0832. The zero-order chi connectivity index (χ0) is 10.8. The Labute approximate surface area is 88.5 Å². The van der Waals surface area contributed by atoms with Crippen LogP contribution in [0.3, 0.4) is 0 Å². The molecule has 4 heteroatoms. The van der Waals surface area contributed by atoms with Crippen molar-refractivity contribution in [1.82, 2.24) is 5.32 Å². The third kappa shape index (κ3) is 2.06. The molecule has 1 aromatic rings. The van der Waals surface area contributed by atoms with Crippen LogP contribution >= 0.6 is 0 Å². The molecular weight excluding hydrogens is 194 g/mol. The molecule has 0 radical (unpaired) electrons. The van der Waals surface area contributed by atoms with E-state index in [-0.39, 0.29) is 17.5 Å². The second-order valence-electron chi connectivity index (χ2n) is 3.83. The summed E-state index contributed by atoms with van der Waals surface area (Å²) in [6.07, 6.45) is 0. The van der Waals surface area contributed by atoms with E-state index in [2.05, 4.69) is 5.32 Å². The van der Waals surface area contributed by atoms with Gasteiger partial charge >= 0.3 is 0 Å². The van der Waals surface area contributed by atoms with E-state index in [0.29, 0.717) is 24.8 Å². The Bertz CT molecular complexity index is 329. The van der Waals surface area contributed by atoms with Gasteiger partial charge in [0, 0.05) is 6.04 Å². The second kappa shape index (κ2) is 4.08. The fraction of sp³-hybridized carbons (Fsp3) is 0.455. The minimum Gasteiger partial charge on any atom is -0.507 e. The van der Waals surface area contributed by atoms with Crippen molar-refractivity contribution in [2.24, 2.45) is 0 Å². The SMILES string of the molecule is CC(NC1COC1)c1c(O)cccc1O. The number of aromatic hydroxyl groups is 2. The molecule has 1 atom stereocenters. The van der Waals surface area contributed by atoms with Gasteiger partial charge in [-0.1, -0.05) is 6.07 Å². The van der Waals surface area contributed by atoms with Crippen LogP contribution in [0.25, 0.3) is 0 Å². The Morgan fingerprint density at radius 2 is 1.93 bits per heavy atom. The topological polar surface area (TPSA) is 61.7 Å². The van der Waals surface area contributed by atoms with Crippen molar-refractivity contribution in [3.8, 4) is 11.5 Å². The third-order valence-electron chi connectivity index (χ3n) is 2.62. The molecule has 3 N–H and O–H groups in total. The maximum atomic E-state index is 9.63. The minimum absolute atomic E-state index is 0.0832. The van der Waals surface area contributed by atoms with Crippen molar-refractivity contribution in [1.29, 1.82) is 0 Å². The molecule has 0 spiro atoms. The largest absolute Gasteiger partial charge is 0.507 e. The molecule has 4 nitrogen and oxygen atoms in total. The summed E-state index contributed by atoms with van der Waals surface area (Å²) in [4.78, 5) is 0. The van der Waals surface area contributed by atoms with Gasteiger partial charge in [-0.25, -0.2) is 0 Å². The Balaban J connectivity index is 2.12. The van der Waals surface area contributed by atoms with E-state index in [1.54, 1.807) is 18.2 Å². The Hall–Kier alpha value is -1.26. The van der Waals surface area contributed by atoms with Crippen molar-refractivity contribution >= 4 is 0 Å². The van der Waals surface area contributed by atoms with E-state index in [9.17, 15) is 10.2 Å². The van der Waals surface area contributed by atoms with Crippen molar-refractivity contribution in [3.63, 3.8) is 0 Å². The van der Waals surface area contributed by atoms with Crippen LogP contribution < -0.4 is 5.32 Å². The van der Waals surface area contributed by atoms with Gasteiger partial charge in [0.2, 0.25) is 0 Å².